The average molecular weight is 686 g/mol. The Bertz CT molecular complexity index is 1510. The van der Waals surface area contributed by atoms with Gasteiger partial charge in [-0.25, -0.2) is 4.90 Å². The van der Waals surface area contributed by atoms with Crippen LogP contribution in [-0.2, 0) is 14.2 Å². The number of imide groups is 1. The first kappa shape index (κ1) is 30.2. The molecule has 2 amide bonds. The lowest BCUT2D eigenvalue weighted by atomic mass is 9.58. The molecule has 3 aliphatic rings. The molecule has 0 aromatic heterocycles. The van der Waals surface area contributed by atoms with Crippen molar-refractivity contribution in [1.82, 2.24) is 0 Å². The molecule has 0 radical (unpaired) electrons. The highest BCUT2D eigenvalue weighted by Crippen LogP contribution is 2.52. The molecule has 2 heterocycles. The average Bonchev–Trinajstić information content (AvgIpc) is 3.22. The fourth-order valence-corrected chi connectivity index (χ4v) is 7.28. The highest BCUT2D eigenvalue weighted by atomic mass is 127. The summed E-state index contributed by atoms with van der Waals surface area (Å²) in [5.41, 5.74) is 4.02. The molecule has 10 nitrogen and oxygen atoms in total. The summed E-state index contributed by atoms with van der Waals surface area (Å²) in [5.74, 6) is -1.85. The second-order valence-corrected chi connectivity index (χ2v) is 12.2. The maximum absolute atomic E-state index is 13.8. The third kappa shape index (κ3) is 5.59. The first-order chi connectivity index (χ1) is 20.0. The number of nitro benzene ring substituents is 1. The number of phenolic OH excluding ortho intramolecular Hbond substituents is 1. The fraction of sp³-hybridized carbons (Fsp3) is 0.400. The maximum atomic E-state index is 13.8. The van der Waals surface area contributed by atoms with Gasteiger partial charge in [0, 0.05) is 12.1 Å². The highest BCUT2D eigenvalue weighted by molar-refractivity contribution is 14.1. The number of anilines is 1. The number of amides is 2. The van der Waals surface area contributed by atoms with Crippen molar-refractivity contribution < 1.29 is 34.0 Å². The van der Waals surface area contributed by atoms with E-state index >= 15 is 0 Å². The van der Waals surface area contributed by atoms with Crippen molar-refractivity contribution >= 4 is 59.0 Å². The van der Waals surface area contributed by atoms with Crippen LogP contribution in [-0.4, -0.2) is 47.2 Å². The van der Waals surface area contributed by atoms with Crippen molar-refractivity contribution in [3.05, 3.63) is 72.4 Å². The standard InChI is InChI=1S/C30H32BIN2O8/c1-4-18-13-21-27(30(37)33(29(21)36)19-6-5-7-20(14-19)34(39)40)22-15-31(38)42-24(26(18)22)9-8-16(2)10-17-11-23(32)28(35)25(12-17)41-3/h5-7,10-12,14,21-22,24,27,35,38H,4,8-9,13,15H2,1-3H3/b16-10+/t21-,22+,24-,27-/m1/s1. The number of carbonyl (C=O) groups excluding carboxylic acids is 2. The summed E-state index contributed by atoms with van der Waals surface area (Å²) in [4.78, 5) is 39.3. The van der Waals surface area contributed by atoms with Crippen LogP contribution in [0.25, 0.3) is 6.08 Å². The fourth-order valence-electron chi connectivity index (χ4n) is 6.65. The van der Waals surface area contributed by atoms with E-state index in [9.17, 15) is 29.8 Å². The number of aromatic hydroxyl groups is 1. The molecule has 220 valence electrons. The molecule has 2 aromatic carbocycles. The van der Waals surface area contributed by atoms with Crippen LogP contribution in [0, 0.1) is 31.4 Å². The Labute approximate surface area is 257 Å². The number of fused-ring (bicyclic) bond motifs is 3. The number of nitrogens with zero attached hydrogens (tertiary/aromatic N) is 2. The number of ether oxygens (including phenoxy) is 1. The maximum Gasteiger partial charge on any atom is 0.455 e. The van der Waals surface area contributed by atoms with Gasteiger partial charge in [0.2, 0.25) is 11.8 Å². The van der Waals surface area contributed by atoms with E-state index in [2.05, 4.69) is 22.6 Å². The second-order valence-electron chi connectivity index (χ2n) is 11.0. The Balaban J connectivity index is 1.41. The lowest BCUT2D eigenvalue weighted by Gasteiger charge is -2.43. The summed E-state index contributed by atoms with van der Waals surface area (Å²) in [7, 11) is 0.426. The van der Waals surface area contributed by atoms with Gasteiger partial charge in [-0.1, -0.05) is 30.2 Å². The van der Waals surface area contributed by atoms with Gasteiger partial charge in [-0.2, -0.15) is 0 Å². The van der Waals surface area contributed by atoms with E-state index in [1.54, 1.807) is 6.07 Å². The van der Waals surface area contributed by atoms with Gasteiger partial charge in [0.05, 0.1) is 39.2 Å². The Morgan fingerprint density at radius 1 is 1.26 bits per heavy atom. The lowest BCUT2D eigenvalue weighted by Crippen LogP contribution is -2.46. The third-order valence-corrected chi connectivity index (χ3v) is 9.34. The zero-order valence-electron chi connectivity index (χ0n) is 23.6. The van der Waals surface area contributed by atoms with Gasteiger partial charge >= 0.3 is 7.12 Å². The van der Waals surface area contributed by atoms with Gasteiger partial charge < -0.3 is 19.5 Å². The van der Waals surface area contributed by atoms with E-state index in [0.29, 0.717) is 35.0 Å². The topological polar surface area (TPSA) is 139 Å². The molecule has 2 aromatic rings. The number of non-ortho nitro benzene ring substituents is 1. The largest absolute Gasteiger partial charge is 0.504 e. The van der Waals surface area contributed by atoms with Gasteiger partial charge in [-0.3, -0.25) is 19.7 Å². The number of nitro groups is 1. The molecule has 42 heavy (non-hydrogen) atoms. The molecule has 0 spiro atoms. The number of allylic oxidation sites excluding steroid dienone is 2. The zero-order valence-corrected chi connectivity index (χ0v) is 25.7. The molecule has 1 aliphatic carbocycles. The summed E-state index contributed by atoms with van der Waals surface area (Å²) in [6.07, 6.45) is 4.15. The van der Waals surface area contributed by atoms with E-state index in [0.717, 1.165) is 27.2 Å². The van der Waals surface area contributed by atoms with E-state index in [4.69, 9.17) is 9.39 Å². The minimum atomic E-state index is -1.08. The molecule has 4 atom stereocenters. The van der Waals surface area contributed by atoms with E-state index < -0.39 is 30.0 Å². The van der Waals surface area contributed by atoms with Crippen LogP contribution >= 0.6 is 22.6 Å². The number of phenols is 1. The predicted molar refractivity (Wildman–Crippen MR) is 166 cm³/mol. The van der Waals surface area contributed by atoms with Crippen LogP contribution in [0.1, 0.15) is 45.1 Å². The molecule has 2 aliphatic heterocycles. The van der Waals surface area contributed by atoms with Crippen molar-refractivity contribution in [2.75, 3.05) is 12.0 Å². The quantitative estimate of drug-likeness (QED) is 0.0927. The van der Waals surface area contributed by atoms with Crippen LogP contribution in [0.2, 0.25) is 6.32 Å². The third-order valence-electron chi connectivity index (χ3n) is 8.52. The summed E-state index contributed by atoms with van der Waals surface area (Å²) in [6, 6.07) is 9.22. The van der Waals surface area contributed by atoms with Crippen molar-refractivity contribution in [1.29, 1.82) is 0 Å². The summed E-state index contributed by atoms with van der Waals surface area (Å²) >= 11 is 2.06. The van der Waals surface area contributed by atoms with E-state index in [1.807, 2.05) is 26.0 Å². The van der Waals surface area contributed by atoms with Crippen LogP contribution in [0.15, 0.2) is 53.1 Å². The number of rotatable bonds is 8. The Morgan fingerprint density at radius 3 is 2.71 bits per heavy atom. The number of hydrogen-bond donors (Lipinski definition) is 2. The Hall–Kier alpha value is -3.23. The molecular weight excluding hydrogens is 654 g/mol. The minimum Gasteiger partial charge on any atom is -0.504 e. The number of methoxy groups -OCH3 is 1. The molecule has 2 N–H and O–H groups in total. The first-order valence-corrected chi connectivity index (χ1v) is 15.0. The molecule has 2 fully saturated rings. The second kappa shape index (κ2) is 12.2. The molecule has 0 bridgehead atoms. The molecule has 5 rings (SSSR count). The monoisotopic (exact) mass is 686 g/mol. The minimum absolute atomic E-state index is 0.0992. The van der Waals surface area contributed by atoms with Crippen molar-refractivity contribution in [3.8, 4) is 11.5 Å². The molecule has 12 heteroatoms. The normalized spacial score (nSPS) is 24.2. The van der Waals surface area contributed by atoms with Crippen LogP contribution in [0.5, 0.6) is 11.5 Å². The van der Waals surface area contributed by atoms with Crippen LogP contribution in [0.4, 0.5) is 11.4 Å². The van der Waals surface area contributed by atoms with Gasteiger partial charge in [-0.15, -0.1) is 0 Å². The van der Waals surface area contributed by atoms with Crippen LogP contribution in [0.3, 0.4) is 0 Å². The molecule has 0 unspecified atom stereocenters. The van der Waals surface area contributed by atoms with E-state index in [-0.39, 0.29) is 41.2 Å². The molecule has 2 saturated heterocycles. The van der Waals surface area contributed by atoms with Crippen molar-refractivity contribution in [2.45, 2.75) is 52.0 Å². The van der Waals surface area contributed by atoms with Gasteiger partial charge in [0.25, 0.3) is 5.69 Å². The Kier molecular flexibility index (Phi) is 8.77. The predicted octanol–water partition coefficient (Wildman–Crippen LogP) is 5.51. The van der Waals surface area contributed by atoms with E-state index in [1.165, 1.54) is 31.4 Å². The van der Waals surface area contributed by atoms with Gasteiger partial charge in [0.1, 0.15) is 0 Å². The van der Waals surface area contributed by atoms with Crippen LogP contribution < -0.4 is 9.64 Å². The number of benzene rings is 2. The van der Waals surface area contributed by atoms with Gasteiger partial charge in [-0.05, 0) is 96.8 Å². The first-order valence-electron chi connectivity index (χ1n) is 13.9. The number of carbonyl (C=O) groups is 2. The van der Waals surface area contributed by atoms with Crippen molar-refractivity contribution in [2.24, 2.45) is 17.8 Å². The van der Waals surface area contributed by atoms with Gasteiger partial charge in [0.15, 0.2) is 11.5 Å². The lowest BCUT2D eigenvalue weighted by molar-refractivity contribution is -0.384. The summed E-state index contributed by atoms with van der Waals surface area (Å²) in [6.45, 7) is 4.03. The summed E-state index contributed by atoms with van der Waals surface area (Å²) in [5, 5.41) is 32.3. The number of halogens is 1. The molecular formula is C30H32BIN2O8. The smallest absolute Gasteiger partial charge is 0.455 e. The SMILES string of the molecule is CCC1=C2[C@@H](CC/C(C)=C/c3cc(I)c(O)c(OC)c3)OB(O)C[C@@H]2[C@@H]2C(=O)N(c3cccc([N+](=O)[O-])c3)C(=O)[C@@H]2C1. The van der Waals surface area contributed by atoms with Crippen molar-refractivity contribution in [3.63, 3.8) is 0 Å². The summed E-state index contributed by atoms with van der Waals surface area (Å²) < 4.78 is 12.0. The highest BCUT2D eigenvalue weighted by Gasteiger charge is 2.57. The Morgan fingerprint density at radius 2 is 2.02 bits per heavy atom. The molecule has 0 saturated carbocycles. The zero-order chi connectivity index (χ0) is 30.3. The number of hydrogen-bond acceptors (Lipinski definition) is 8.